The van der Waals surface area contributed by atoms with Gasteiger partial charge in [-0.15, -0.1) is 12.4 Å². The van der Waals surface area contributed by atoms with Crippen LogP contribution in [-0.4, -0.2) is 55.2 Å². The van der Waals surface area contributed by atoms with E-state index >= 15 is 0 Å². The first-order valence-corrected chi connectivity index (χ1v) is 11.0. The monoisotopic (exact) mass is 423 g/mol. The average molecular weight is 424 g/mol. The fourth-order valence-electron chi connectivity index (χ4n) is 4.07. The van der Waals surface area contributed by atoms with Crippen molar-refractivity contribution in [2.45, 2.75) is 39.0 Å². The highest BCUT2D eigenvalue weighted by Gasteiger charge is 2.29. The zero-order chi connectivity index (χ0) is 18.6. The van der Waals surface area contributed by atoms with Gasteiger partial charge in [0.2, 0.25) is 5.91 Å². The lowest BCUT2D eigenvalue weighted by atomic mass is 9.88. The van der Waals surface area contributed by atoms with Crippen molar-refractivity contribution in [2.75, 3.05) is 44.3 Å². The van der Waals surface area contributed by atoms with Crippen LogP contribution in [-0.2, 0) is 9.53 Å². The van der Waals surface area contributed by atoms with Crippen molar-refractivity contribution < 1.29 is 9.53 Å². The molecule has 4 rings (SSSR count). The smallest absolute Gasteiger partial charge is 0.231 e. The molecule has 2 fully saturated rings. The van der Waals surface area contributed by atoms with Crippen LogP contribution in [0.5, 0.6) is 0 Å². The molecule has 0 atom stereocenters. The number of anilines is 1. The molecule has 7 heteroatoms. The van der Waals surface area contributed by atoms with Gasteiger partial charge < -0.3 is 4.74 Å². The van der Waals surface area contributed by atoms with Crippen molar-refractivity contribution in [3.05, 3.63) is 23.8 Å². The molecule has 1 aromatic carbocycles. The second-order valence-electron chi connectivity index (χ2n) is 7.75. The number of halogens is 1. The summed E-state index contributed by atoms with van der Waals surface area (Å²) in [7, 11) is 0. The molecule has 0 bridgehead atoms. The van der Waals surface area contributed by atoms with Crippen LogP contribution in [0.1, 0.15) is 37.7 Å². The Bertz CT molecular complexity index is 785. The van der Waals surface area contributed by atoms with Gasteiger partial charge in [-0.25, -0.2) is 4.98 Å². The molecule has 2 heterocycles. The molecule has 5 nitrogen and oxygen atoms in total. The third-order valence-electron chi connectivity index (χ3n) is 5.73. The number of ether oxygens (including phenoxy) is 1. The summed E-state index contributed by atoms with van der Waals surface area (Å²) in [6, 6.07) is 6.32. The maximum absolute atomic E-state index is 13.4. The molecule has 154 valence electrons. The number of hydrogen-bond donors (Lipinski definition) is 0. The molecule has 28 heavy (non-hydrogen) atoms. The number of carbonyl (C=O) groups is 1. The Morgan fingerprint density at radius 1 is 1.25 bits per heavy atom. The van der Waals surface area contributed by atoms with E-state index < -0.39 is 0 Å². The van der Waals surface area contributed by atoms with Gasteiger partial charge in [0.1, 0.15) is 0 Å². The molecular weight excluding hydrogens is 394 g/mol. The summed E-state index contributed by atoms with van der Waals surface area (Å²) in [4.78, 5) is 22.5. The van der Waals surface area contributed by atoms with E-state index in [0.717, 1.165) is 61.0 Å². The summed E-state index contributed by atoms with van der Waals surface area (Å²) >= 11 is 1.65. The van der Waals surface area contributed by atoms with Crippen LogP contribution < -0.4 is 4.90 Å². The number of morpholine rings is 1. The molecular formula is C21H30ClN3O2S. The Hall–Kier alpha value is -1.21. The van der Waals surface area contributed by atoms with Crippen LogP contribution >= 0.6 is 23.7 Å². The Morgan fingerprint density at radius 2 is 2.00 bits per heavy atom. The van der Waals surface area contributed by atoms with Crippen molar-refractivity contribution in [2.24, 2.45) is 5.92 Å². The van der Waals surface area contributed by atoms with Crippen LogP contribution in [0.15, 0.2) is 18.2 Å². The van der Waals surface area contributed by atoms with E-state index in [9.17, 15) is 4.79 Å². The Balaban J connectivity index is 0.00000225. The standard InChI is InChI=1S/C21H29N3O2S.ClH/c1-16-7-8-18-19(15-16)27-21(22-18)24(10-9-23-11-13-26-14-12-23)20(25)17-5-3-2-4-6-17;/h7-8,15,17H,2-6,9-14H2,1H3;1H. The lowest BCUT2D eigenvalue weighted by Crippen LogP contribution is -2.45. The summed E-state index contributed by atoms with van der Waals surface area (Å²) < 4.78 is 6.62. The van der Waals surface area contributed by atoms with Crippen molar-refractivity contribution >= 4 is 45.0 Å². The summed E-state index contributed by atoms with van der Waals surface area (Å²) in [6.45, 7) is 7.18. The van der Waals surface area contributed by atoms with Crippen LogP contribution in [0.2, 0.25) is 0 Å². The molecule has 0 N–H and O–H groups in total. The van der Waals surface area contributed by atoms with Gasteiger partial charge in [0.25, 0.3) is 0 Å². The maximum Gasteiger partial charge on any atom is 0.231 e. The molecule has 0 radical (unpaired) electrons. The second kappa shape index (κ2) is 10.0. The first-order valence-electron chi connectivity index (χ1n) is 10.2. The van der Waals surface area contributed by atoms with Crippen molar-refractivity contribution in [1.29, 1.82) is 0 Å². The van der Waals surface area contributed by atoms with Gasteiger partial charge in [-0.2, -0.15) is 0 Å². The fourth-order valence-corrected chi connectivity index (χ4v) is 5.17. The van der Waals surface area contributed by atoms with Gasteiger partial charge >= 0.3 is 0 Å². The third kappa shape index (κ3) is 5.03. The van der Waals surface area contributed by atoms with E-state index in [0.29, 0.717) is 6.54 Å². The highest BCUT2D eigenvalue weighted by molar-refractivity contribution is 7.22. The summed E-state index contributed by atoms with van der Waals surface area (Å²) in [5, 5.41) is 0.861. The number of amides is 1. The van der Waals surface area contributed by atoms with E-state index in [4.69, 9.17) is 9.72 Å². The zero-order valence-corrected chi connectivity index (χ0v) is 18.2. The molecule has 0 spiro atoms. The summed E-state index contributed by atoms with van der Waals surface area (Å²) in [6.07, 6.45) is 5.66. The number of aromatic nitrogens is 1. The van der Waals surface area contributed by atoms with Crippen molar-refractivity contribution in [1.82, 2.24) is 9.88 Å². The molecule has 1 saturated carbocycles. The Kier molecular flexibility index (Phi) is 7.69. The Morgan fingerprint density at radius 3 is 2.75 bits per heavy atom. The number of hydrogen-bond acceptors (Lipinski definition) is 5. The highest BCUT2D eigenvalue weighted by Crippen LogP contribution is 2.33. The topological polar surface area (TPSA) is 45.7 Å². The number of nitrogens with zero attached hydrogens (tertiary/aromatic N) is 3. The van der Waals surface area contributed by atoms with Gasteiger partial charge in [-0.05, 0) is 37.5 Å². The van der Waals surface area contributed by atoms with Crippen LogP contribution in [0.4, 0.5) is 5.13 Å². The second-order valence-corrected chi connectivity index (χ2v) is 8.76. The summed E-state index contributed by atoms with van der Waals surface area (Å²) in [5.74, 6) is 0.441. The predicted molar refractivity (Wildman–Crippen MR) is 118 cm³/mol. The number of aryl methyl sites for hydroxylation is 1. The van der Waals surface area contributed by atoms with Gasteiger partial charge in [0.05, 0.1) is 23.4 Å². The minimum absolute atomic E-state index is 0. The number of rotatable bonds is 5. The molecule has 2 aliphatic rings. The van der Waals surface area contributed by atoms with Gasteiger partial charge in [0, 0.05) is 32.1 Å². The lowest BCUT2D eigenvalue weighted by Gasteiger charge is -2.31. The van der Waals surface area contributed by atoms with Gasteiger partial charge in [0.15, 0.2) is 5.13 Å². The molecule has 2 aromatic rings. The van der Waals surface area contributed by atoms with Gasteiger partial charge in [-0.1, -0.05) is 36.7 Å². The number of benzene rings is 1. The highest BCUT2D eigenvalue weighted by atomic mass is 35.5. The number of fused-ring (bicyclic) bond motifs is 1. The molecule has 1 aliphatic carbocycles. The maximum atomic E-state index is 13.4. The SMILES string of the molecule is Cc1ccc2nc(N(CCN3CCOCC3)C(=O)C3CCCCC3)sc2c1.Cl. The van der Waals surface area contributed by atoms with Crippen molar-refractivity contribution in [3.8, 4) is 0 Å². The first kappa shape index (κ1) is 21.5. The molecule has 1 saturated heterocycles. The van der Waals surface area contributed by atoms with E-state index in [1.807, 2.05) is 4.90 Å². The van der Waals surface area contributed by atoms with E-state index in [2.05, 4.69) is 30.0 Å². The predicted octanol–water partition coefficient (Wildman–Crippen LogP) is 4.27. The minimum atomic E-state index is 0. The Labute approximate surface area is 177 Å². The third-order valence-corrected chi connectivity index (χ3v) is 6.77. The molecule has 1 aromatic heterocycles. The lowest BCUT2D eigenvalue weighted by molar-refractivity contribution is -0.123. The number of thiazole rings is 1. The first-order chi connectivity index (χ1) is 13.2. The fraction of sp³-hybridized carbons (Fsp3) is 0.619. The molecule has 0 unspecified atom stereocenters. The van der Waals surface area contributed by atoms with Gasteiger partial charge in [-0.3, -0.25) is 14.6 Å². The van der Waals surface area contributed by atoms with Crippen molar-refractivity contribution in [3.63, 3.8) is 0 Å². The molecule has 1 amide bonds. The zero-order valence-electron chi connectivity index (χ0n) is 16.6. The van der Waals surface area contributed by atoms with Crippen LogP contribution in [0.3, 0.4) is 0 Å². The van der Waals surface area contributed by atoms with Crippen LogP contribution in [0.25, 0.3) is 10.2 Å². The number of carbonyl (C=O) groups excluding carboxylic acids is 1. The normalized spacial score (nSPS) is 18.8. The van der Waals surface area contributed by atoms with E-state index in [1.165, 1.54) is 24.8 Å². The average Bonchev–Trinajstić information content (AvgIpc) is 3.12. The van der Waals surface area contributed by atoms with E-state index in [-0.39, 0.29) is 24.2 Å². The quantitative estimate of drug-likeness (QED) is 0.720. The summed E-state index contributed by atoms with van der Waals surface area (Å²) in [5.41, 5.74) is 2.23. The van der Waals surface area contributed by atoms with E-state index in [1.54, 1.807) is 11.3 Å². The largest absolute Gasteiger partial charge is 0.379 e. The molecule has 1 aliphatic heterocycles. The minimum Gasteiger partial charge on any atom is -0.379 e. The van der Waals surface area contributed by atoms with Crippen LogP contribution in [0, 0.1) is 12.8 Å².